The maximum atomic E-state index is 12.5. The first-order chi connectivity index (χ1) is 11.2. The number of piperidine rings is 1. The van der Waals surface area contributed by atoms with Crippen LogP contribution in [0.4, 0.5) is 0 Å². The fourth-order valence-electron chi connectivity index (χ4n) is 3.24. The van der Waals surface area contributed by atoms with Gasteiger partial charge in [-0.05, 0) is 19.8 Å². The van der Waals surface area contributed by atoms with E-state index in [1.807, 2.05) is 11.8 Å². The van der Waals surface area contributed by atoms with Gasteiger partial charge in [0.2, 0.25) is 5.91 Å². The third-order valence-corrected chi connectivity index (χ3v) is 5.27. The largest absolute Gasteiger partial charge is 0.340 e. The number of likely N-dealkylation sites (tertiary alicyclic amines) is 1. The monoisotopic (exact) mass is 330 g/mol. The topological polar surface area (TPSA) is 68.3 Å². The SMILES string of the molecule is Cc1nc([C@@H]2CCCN(C(=O)Cn3cncn3)C2)c2sccn12. The zero-order valence-corrected chi connectivity index (χ0v) is 13.7. The summed E-state index contributed by atoms with van der Waals surface area (Å²) >= 11 is 1.72. The molecule has 8 heteroatoms. The number of aryl methyl sites for hydroxylation is 1. The van der Waals surface area contributed by atoms with E-state index in [1.165, 1.54) is 11.2 Å². The molecule has 23 heavy (non-hydrogen) atoms. The van der Waals surface area contributed by atoms with Gasteiger partial charge in [-0.15, -0.1) is 11.3 Å². The Bertz CT molecular complexity index is 820. The van der Waals surface area contributed by atoms with E-state index in [-0.39, 0.29) is 12.5 Å². The van der Waals surface area contributed by atoms with Crippen molar-refractivity contribution in [3.05, 3.63) is 35.7 Å². The number of hydrogen-bond acceptors (Lipinski definition) is 5. The molecular weight excluding hydrogens is 312 g/mol. The lowest BCUT2D eigenvalue weighted by molar-refractivity contribution is -0.133. The molecule has 1 atom stereocenters. The molecule has 0 aliphatic carbocycles. The van der Waals surface area contributed by atoms with Crippen LogP contribution in [0.25, 0.3) is 4.83 Å². The Hall–Kier alpha value is -2.22. The second kappa shape index (κ2) is 5.77. The van der Waals surface area contributed by atoms with Crippen LogP contribution in [0.2, 0.25) is 0 Å². The summed E-state index contributed by atoms with van der Waals surface area (Å²) in [5.74, 6) is 1.42. The molecule has 0 spiro atoms. The summed E-state index contributed by atoms with van der Waals surface area (Å²) in [7, 11) is 0. The number of carbonyl (C=O) groups is 1. The minimum Gasteiger partial charge on any atom is -0.340 e. The van der Waals surface area contributed by atoms with Crippen molar-refractivity contribution in [3.63, 3.8) is 0 Å². The minimum absolute atomic E-state index is 0.0959. The normalized spacial score (nSPS) is 18.7. The molecule has 120 valence electrons. The van der Waals surface area contributed by atoms with Crippen LogP contribution >= 0.6 is 11.3 Å². The molecule has 1 aliphatic heterocycles. The Morgan fingerprint density at radius 2 is 2.39 bits per heavy atom. The van der Waals surface area contributed by atoms with Crippen LogP contribution in [0.5, 0.6) is 0 Å². The fraction of sp³-hybridized carbons (Fsp3) is 0.467. The molecular formula is C15H18N6OS. The van der Waals surface area contributed by atoms with Gasteiger partial charge in [0.05, 0.1) is 5.69 Å². The minimum atomic E-state index is 0.0959. The summed E-state index contributed by atoms with van der Waals surface area (Å²) in [4.78, 5) is 24.3. The highest BCUT2D eigenvalue weighted by Crippen LogP contribution is 2.31. The van der Waals surface area contributed by atoms with Crippen molar-refractivity contribution in [2.24, 2.45) is 0 Å². The van der Waals surface area contributed by atoms with Crippen LogP contribution in [-0.4, -0.2) is 48.0 Å². The summed E-state index contributed by atoms with van der Waals surface area (Å²) in [5.41, 5.74) is 1.13. The third-order valence-electron chi connectivity index (χ3n) is 4.38. The van der Waals surface area contributed by atoms with Gasteiger partial charge in [0.1, 0.15) is 29.9 Å². The van der Waals surface area contributed by atoms with Gasteiger partial charge in [-0.3, -0.25) is 9.20 Å². The summed E-state index contributed by atoms with van der Waals surface area (Å²) in [5, 5.41) is 6.10. The molecule has 1 aliphatic rings. The van der Waals surface area contributed by atoms with E-state index in [0.29, 0.717) is 5.92 Å². The van der Waals surface area contributed by atoms with Crippen LogP contribution in [0.15, 0.2) is 24.2 Å². The smallest absolute Gasteiger partial charge is 0.244 e. The molecule has 3 aromatic heterocycles. The van der Waals surface area contributed by atoms with Gasteiger partial charge in [0, 0.05) is 30.6 Å². The molecule has 4 heterocycles. The number of carbonyl (C=O) groups excluding carboxylic acids is 1. The van der Waals surface area contributed by atoms with Crippen molar-refractivity contribution in [1.29, 1.82) is 0 Å². The van der Waals surface area contributed by atoms with E-state index in [0.717, 1.165) is 37.4 Å². The standard InChI is InChI=1S/C15H18N6OS/c1-11-18-14(15-21(11)5-6-23-15)12-3-2-4-19(7-12)13(22)8-20-10-16-9-17-20/h5-6,9-10,12H,2-4,7-8H2,1H3/t12-/m1/s1. The zero-order valence-electron chi connectivity index (χ0n) is 12.9. The van der Waals surface area contributed by atoms with Crippen molar-refractivity contribution in [2.45, 2.75) is 32.2 Å². The lowest BCUT2D eigenvalue weighted by Crippen LogP contribution is -2.41. The predicted molar refractivity (Wildman–Crippen MR) is 86.4 cm³/mol. The first-order valence-corrected chi connectivity index (χ1v) is 8.62. The molecule has 0 unspecified atom stereocenters. The lowest BCUT2D eigenvalue weighted by Gasteiger charge is -2.32. The quantitative estimate of drug-likeness (QED) is 0.733. The van der Waals surface area contributed by atoms with Gasteiger partial charge in [-0.2, -0.15) is 5.10 Å². The Morgan fingerprint density at radius 3 is 3.22 bits per heavy atom. The molecule has 0 saturated carbocycles. The van der Waals surface area contributed by atoms with E-state index in [2.05, 4.69) is 26.1 Å². The predicted octanol–water partition coefficient (Wildman–Crippen LogP) is 1.70. The van der Waals surface area contributed by atoms with Gasteiger partial charge < -0.3 is 4.90 Å². The van der Waals surface area contributed by atoms with Crippen LogP contribution < -0.4 is 0 Å². The molecule has 0 N–H and O–H groups in total. The van der Waals surface area contributed by atoms with Gasteiger partial charge >= 0.3 is 0 Å². The Labute approximate surface area is 137 Å². The number of hydrogen-bond donors (Lipinski definition) is 0. The van der Waals surface area contributed by atoms with Crippen molar-refractivity contribution in [2.75, 3.05) is 13.1 Å². The second-order valence-electron chi connectivity index (χ2n) is 5.89. The van der Waals surface area contributed by atoms with E-state index in [1.54, 1.807) is 22.3 Å². The van der Waals surface area contributed by atoms with E-state index in [9.17, 15) is 4.79 Å². The number of fused-ring (bicyclic) bond motifs is 1. The van der Waals surface area contributed by atoms with Crippen LogP contribution in [0.1, 0.15) is 30.3 Å². The zero-order chi connectivity index (χ0) is 15.8. The summed E-state index contributed by atoms with van der Waals surface area (Å²) in [6.45, 7) is 3.82. The van der Waals surface area contributed by atoms with Gasteiger partial charge in [-0.25, -0.2) is 14.6 Å². The Balaban J connectivity index is 1.52. The van der Waals surface area contributed by atoms with Gasteiger partial charge in [-0.1, -0.05) is 0 Å². The first kappa shape index (κ1) is 14.4. The molecule has 1 fully saturated rings. The number of nitrogens with zero attached hydrogens (tertiary/aromatic N) is 6. The number of imidazole rings is 1. The molecule has 0 radical (unpaired) electrons. The van der Waals surface area contributed by atoms with Crippen LogP contribution in [0.3, 0.4) is 0 Å². The summed E-state index contributed by atoms with van der Waals surface area (Å²) in [6.07, 6.45) is 7.18. The molecule has 1 saturated heterocycles. The highest BCUT2D eigenvalue weighted by molar-refractivity contribution is 7.15. The highest BCUT2D eigenvalue weighted by atomic mass is 32.1. The number of rotatable bonds is 3. The molecule has 4 rings (SSSR count). The second-order valence-corrected chi connectivity index (χ2v) is 6.79. The van der Waals surface area contributed by atoms with E-state index < -0.39 is 0 Å². The summed E-state index contributed by atoms with van der Waals surface area (Å²) in [6, 6.07) is 0. The average Bonchev–Trinajstić information content (AvgIpc) is 3.27. The maximum absolute atomic E-state index is 12.5. The Morgan fingerprint density at radius 1 is 1.48 bits per heavy atom. The molecule has 0 bridgehead atoms. The summed E-state index contributed by atoms with van der Waals surface area (Å²) < 4.78 is 3.71. The average molecular weight is 330 g/mol. The van der Waals surface area contributed by atoms with E-state index >= 15 is 0 Å². The molecule has 3 aromatic rings. The van der Waals surface area contributed by atoms with Crippen LogP contribution in [0, 0.1) is 6.92 Å². The maximum Gasteiger partial charge on any atom is 0.244 e. The van der Waals surface area contributed by atoms with Gasteiger partial charge in [0.25, 0.3) is 0 Å². The van der Waals surface area contributed by atoms with Crippen molar-refractivity contribution in [1.82, 2.24) is 29.0 Å². The third kappa shape index (κ3) is 2.63. The Kier molecular flexibility index (Phi) is 3.60. The fourth-order valence-corrected chi connectivity index (χ4v) is 4.19. The lowest BCUT2D eigenvalue weighted by atomic mass is 9.95. The molecule has 7 nitrogen and oxygen atoms in total. The number of aromatic nitrogens is 5. The van der Waals surface area contributed by atoms with Crippen molar-refractivity contribution < 1.29 is 4.79 Å². The van der Waals surface area contributed by atoms with Gasteiger partial charge in [0.15, 0.2) is 0 Å². The van der Waals surface area contributed by atoms with Crippen LogP contribution in [-0.2, 0) is 11.3 Å². The highest BCUT2D eigenvalue weighted by Gasteiger charge is 2.28. The van der Waals surface area contributed by atoms with E-state index in [4.69, 9.17) is 4.98 Å². The number of amides is 1. The molecule has 1 amide bonds. The number of thiazole rings is 1. The van der Waals surface area contributed by atoms with Crippen molar-refractivity contribution in [3.8, 4) is 0 Å². The first-order valence-electron chi connectivity index (χ1n) is 7.74. The van der Waals surface area contributed by atoms with Crippen molar-refractivity contribution >= 4 is 22.1 Å². The molecule has 0 aromatic carbocycles.